The number of rotatable bonds is 5. The van der Waals surface area contributed by atoms with Crippen LogP contribution < -0.4 is 0 Å². The molecule has 21 heavy (non-hydrogen) atoms. The molecule has 0 unspecified atom stereocenters. The minimum atomic E-state index is -0.809. The molecular weight excluding hydrogens is 266 g/mol. The van der Waals surface area contributed by atoms with Crippen molar-refractivity contribution in [2.75, 3.05) is 0 Å². The molecular formula is C16H17N3O2. The molecule has 1 N–H and O–H groups in total. The van der Waals surface area contributed by atoms with Crippen molar-refractivity contribution in [2.45, 2.75) is 26.4 Å². The Bertz CT molecular complexity index is 786. The van der Waals surface area contributed by atoms with E-state index in [9.17, 15) is 4.79 Å². The number of fused-ring (bicyclic) bond motifs is 1. The maximum atomic E-state index is 11.0. The highest BCUT2D eigenvalue weighted by Gasteiger charge is 2.11. The van der Waals surface area contributed by atoms with Crippen molar-refractivity contribution in [1.82, 2.24) is 14.3 Å². The van der Waals surface area contributed by atoms with Crippen LogP contribution in [0.3, 0.4) is 0 Å². The van der Waals surface area contributed by atoms with Crippen molar-refractivity contribution in [3.8, 4) is 0 Å². The Kier molecular flexibility index (Phi) is 3.48. The Balaban J connectivity index is 1.99. The minimum absolute atomic E-state index is 0.0434. The number of carboxylic acids is 1. The number of benzene rings is 1. The minimum Gasteiger partial charge on any atom is -0.481 e. The van der Waals surface area contributed by atoms with Gasteiger partial charge >= 0.3 is 5.97 Å². The highest BCUT2D eigenvalue weighted by Crippen LogP contribution is 2.22. The maximum Gasteiger partial charge on any atom is 0.307 e. The normalized spacial score (nSPS) is 11.1. The fraction of sp³-hybridized carbons (Fsp3) is 0.250. The lowest BCUT2D eigenvalue weighted by atomic mass is 10.1. The van der Waals surface area contributed by atoms with Crippen molar-refractivity contribution in [2.24, 2.45) is 0 Å². The zero-order chi connectivity index (χ0) is 14.8. The molecule has 0 spiro atoms. The van der Waals surface area contributed by atoms with E-state index < -0.39 is 5.97 Å². The average Bonchev–Trinajstić information content (AvgIpc) is 3.05. The van der Waals surface area contributed by atoms with Gasteiger partial charge in [0.15, 0.2) is 0 Å². The van der Waals surface area contributed by atoms with Crippen LogP contribution >= 0.6 is 0 Å². The lowest BCUT2D eigenvalue weighted by Gasteiger charge is -2.02. The third-order valence-electron chi connectivity index (χ3n) is 3.58. The van der Waals surface area contributed by atoms with E-state index in [0.29, 0.717) is 6.54 Å². The number of aromatic nitrogens is 3. The van der Waals surface area contributed by atoms with Gasteiger partial charge in [0.05, 0.1) is 19.2 Å². The van der Waals surface area contributed by atoms with E-state index in [0.717, 1.165) is 28.6 Å². The third-order valence-corrected chi connectivity index (χ3v) is 3.58. The molecule has 0 amide bonds. The molecule has 3 aromatic rings. The summed E-state index contributed by atoms with van der Waals surface area (Å²) in [6, 6.07) is 7.90. The summed E-state index contributed by atoms with van der Waals surface area (Å²) in [5.74, 6) is -0.809. The van der Waals surface area contributed by atoms with E-state index in [4.69, 9.17) is 5.11 Å². The van der Waals surface area contributed by atoms with Crippen molar-refractivity contribution in [3.05, 3.63) is 54.0 Å². The zero-order valence-electron chi connectivity index (χ0n) is 11.9. The summed E-state index contributed by atoms with van der Waals surface area (Å²) in [4.78, 5) is 11.0. The summed E-state index contributed by atoms with van der Waals surface area (Å²) < 4.78 is 3.98. The van der Waals surface area contributed by atoms with Crippen molar-refractivity contribution in [3.63, 3.8) is 0 Å². The fourth-order valence-corrected chi connectivity index (χ4v) is 2.62. The largest absolute Gasteiger partial charge is 0.481 e. The van der Waals surface area contributed by atoms with Crippen LogP contribution in [0.15, 0.2) is 42.9 Å². The van der Waals surface area contributed by atoms with Crippen molar-refractivity contribution < 1.29 is 9.90 Å². The van der Waals surface area contributed by atoms with Crippen LogP contribution in [0, 0.1) is 0 Å². The molecule has 5 nitrogen and oxygen atoms in total. The SMILES string of the molecule is CCn1cc(Cn2cc(CC(=O)O)c3ccccc32)cn1. The van der Waals surface area contributed by atoms with E-state index in [1.165, 1.54) is 0 Å². The number of carboxylic acid groups (broad SMARTS) is 1. The first-order valence-corrected chi connectivity index (χ1v) is 6.97. The molecule has 2 heterocycles. The highest BCUT2D eigenvalue weighted by atomic mass is 16.4. The summed E-state index contributed by atoms with van der Waals surface area (Å²) in [5, 5.41) is 14.3. The molecule has 2 aromatic heterocycles. The molecule has 0 bridgehead atoms. The molecule has 0 saturated heterocycles. The maximum absolute atomic E-state index is 11.0. The van der Waals surface area contributed by atoms with Gasteiger partial charge in [-0.1, -0.05) is 18.2 Å². The first kappa shape index (κ1) is 13.4. The van der Waals surface area contributed by atoms with Crippen LogP contribution in [0.4, 0.5) is 0 Å². The monoisotopic (exact) mass is 283 g/mol. The van der Waals surface area contributed by atoms with E-state index in [2.05, 4.69) is 9.67 Å². The molecule has 0 radical (unpaired) electrons. The molecule has 0 aliphatic carbocycles. The second-order valence-electron chi connectivity index (χ2n) is 5.07. The van der Waals surface area contributed by atoms with Gasteiger partial charge in [0.2, 0.25) is 0 Å². The fourth-order valence-electron chi connectivity index (χ4n) is 2.62. The van der Waals surface area contributed by atoms with E-state index >= 15 is 0 Å². The van der Waals surface area contributed by atoms with Gasteiger partial charge in [0.25, 0.3) is 0 Å². The van der Waals surface area contributed by atoms with Crippen LogP contribution in [-0.2, 0) is 24.3 Å². The standard InChI is InChI=1S/C16H17N3O2/c1-2-19-10-12(8-17-19)9-18-11-13(7-16(20)21)14-5-3-4-6-15(14)18/h3-6,8,10-11H,2,7,9H2,1H3,(H,20,21). The Morgan fingerprint density at radius 2 is 2.10 bits per heavy atom. The molecule has 0 atom stereocenters. The van der Waals surface area contributed by atoms with Crippen LogP contribution in [0.25, 0.3) is 10.9 Å². The van der Waals surface area contributed by atoms with Gasteiger partial charge in [-0.25, -0.2) is 0 Å². The molecule has 0 aliphatic heterocycles. The van der Waals surface area contributed by atoms with E-state index in [1.54, 1.807) is 0 Å². The van der Waals surface area contributed by atoms with E-state index in [-0.39, 0.29) is 6.42 Å². The smallest absolute Gasteiger partial charge is 0.307 e. The molecule has 1 aromatic carbocycles. The van der Waals surface area contributed by atoms with Gasteiger partial charge in [0.1, 0.15) is 0 Å². The number of aryl methyl sites for hydroxylation is 1. The van der Waals surface area contributed by atoms with Crippen molar-refractivity contribution >= 4 is 16.9 Å². The number of nitrogens with zero attached hydrogens (tertiary/aromatic N) is 3. The molecule has 0 fully saturated rings. The molecule has 0 aliphatic rings. The molecule has 5 heteroatoms. The molecule has 108 valence electrons. The highest BCUT2D eigenvalue weighted by molar-refractivity contribution is 5.87. The summed E-state index contributed by atoms with van der Waals surface area (Å²) in [6.45, 7) is 3.59. The van der Waals surface area contributed by atoms with Crippen molar-refractivity contribution in [1.29, 1.82) is 0 Å². The Morgan fingerprint density at radius 1 is 1.29 bits per heavy atom. The lowest BCUT2D eigenvalue weighted by molar-refractivity contribution is -0.136. The molecule has 3 rings (SSSR count). The Labute approximate surface area is 122 Å². The second kappa shape index (κ2) is 5.44. The summed E-state index contributed by atoms with van der Waals surface area (Å²) in [6.07, 6.45) is 5.85. The summed E-state index contributed by atoms with van der Waals surface area (Å²) in [5.41, 5.74) is 3.01. The number of hydrogen-bond acceptors (Lipinski definition) is 2. The van der Waals surface area contributed by atoms with E-state index in [1.807, 2.05) is 54.5 Å². The van der Waals surface area contributed by atoms with Gasteiger partial charge in [0, 0.05) is 35.4 Å². The Hall–Kier alpha value is -2.56. The number of carbonyl (C=O) groups is 1. The topological polar surface area (TPSA) is 60.0 Å². The van der Waals surface area contributed by atoms with Crippen LogP contribution in [0.1, 0.15) is 18.1 Å². The predicted molar refractivity (Wildman–Crippen MR) is 80.3 cm³/mol. The van der Waals surface area contributed by atoms with Gasteiger partial charge in [-0.15, -0.1) is 0 Å². The Morgan fingerprint density at radius 3 is 2.81 bits per heavy atom. The lowest BCUT2D eigenvalue weighted by Crippen LogP contribution is -2.00. The van der Waals surface area contributed by atoms with Gasteiger partial charge in [-0.3, -0.25) is 9.48 Å². The van der Waals surface area contributed by atoms with Crippen LogP contribution in [0.2, 0.25) is 0 Å². The van der Waals surface area contributed by atoms with Crippen LogP contribution in [-0.4, -0.2) is 25.4 Å². The summed E-state index contributed by atoms with van der Waals surface area (Å²) in [7, 11) is 0. The van der Waals surface area contributed by atoms with Gasteiger partial charge < -0.3 is 9.67 Å². The first-order valence-electron chi connectivity index (χ1n) is 6.97. The second-order valence-corrected chi connectivity index (χ2v) is 5.07. The number of para-hydroxylation sites is 1. The number of aliphatic carboxylic acids is 1. The predicted octanol–water partition coefficient (Wildman–Crippen LogP) is 2.53. The van der Waals surface area contributed by atoms with Gasteiger partial charge in [-0.05, 0) is 18.6 Å². The zero-order valence-corrected chi connectivity index (χ0v) is 11.9. The quantitative estimate of drug-likeness (QED) is 0.782. The first-order chi connectivity index (χ1) is 10.2. The number of hydrogen-bond donors (Lipinski definition) is 1. The third kappa shape index (κ3) is 2.67. The van der Waals surface area contributed by atoms with Crippen LogP contribution in [0.5, 0.6) is 0 Å². The average molecular weight is 283 g/mol. The molecule has 0 saturated carbocycles. The summed E-state index contributed by atoms with van der Waals surface area (Å²) >= 11 is 0. The van der Waals surface area contributed by atoms with Gasteiger partial charge in [-0.2, -0.15) is 5.10 Å².